The molecule has 10 nitrogen and oxygen atoms in total. The molecule has 10 heteroatoms. The number of anilines is 1. The summed E-state index contributed by atoms with van der Waals surface area (Å²) in [7, 11) is 6.76. The lowest BCUT2D eigenvalue weighted by Crippen LogP contribution is -2.74. The van der Waals surface area contributed by atoms with Crippen molar-refractivity contribution in [2.75, 3.05) is 33.1 Å². The van der Waals surface area contributed by atoms with Gasteiger partial charge in [-0.1, -0.05) is 25.5 Å². The van der Waals surface area contributed by atoms with Crippen LogP contribution in [0.2, 0.25) is 0 Å². The van der Waals surface area contributed by atoms with Gasteiger partial charge in [0.1, 0.15) is 5.75 Å². The lowest BCUT2D eigenvalue weighted by molar-refractivity contribution is -0.181. The second-order valence-corrected chi connectivity index (χ2v) is 11.1. The number of primary amides is 1. The van der Waals surface area contributed by atoms with E-state index in [4.69, 9.17) is 5.73 Å². The molecule has 6 unspecified atom stereocenters. The highest BCUT2D eigenvalue weighted by atomic mass is 16.3. The van der Waals surface area contributed by atoms with Crippen LogP contribution in [0.1, 0.15) is 47.7 Å². The Hall–Kier alpha value is -3.37. The fraction of sp³-hybridized carbons (Fsp3) is 0.536. The van der Waals surface area contributed by atoms with Crippen molar-refractivity contribution < 1.29 is 34.2 Å². The topological polar surface area (TPSA) is 158 Å². The zero-order chi connectivity index (χ0) is 28.3. The third-order valence-electron chi connectivity index (χ3n) is 8.30. The van der Waals surface area contributed by atoms with Gasteiger partial charge in [-0.25, -0.2) is 0 Å². The molecular weight excluding hydrogens is 490 g/mol. The van der Waals surface area contributed by atoms with Crippen LogP contribution in [0.4, 0.5) is 5.69 Å². The molecule has 0 radical (unpaired) electrons. The first-order chi connectivity index (χ1) is 17.8. The van der Waals surface area contributed by atoms with E-state index in [2.05, 4.69) is 0 Å². The molecular formula is C28H35N3O7. The first kappa shape index (κ1) is 27.7. The predicted octanol–water partition coefficient (Wildman–Crippen LogP) is 0.746. The van der Waals surface area contributed by atoms with Crippen molar-refractivity contribution in [2.24, 2.45) is 29.4 Å². The number of aromatic hydroxyl groups is 1. The zero-order valence-corrected chi connectivity index (χ0v) is 22.4. The maximum absolute atomic E-state index is 13.9. The molecule has 6 atom stereocenters. The standard InChI is InChI=1S/C28H35N3O7/c1-6-7-8-9-13-12-17(30(2)3)15-10-14-11-16-21(31(4)5)24(34)20(27(29)37)26(36)28(16,38)25(35)18(14)23(33)19(15)22(13)32/h8-9,12,14,16,18,20-21,32,38H,6-7,10-11H2,1-5H3,(H2,29,37)/b9-8+. The Bertz CT molecular complexity index is 1270. The number of ketones is 4. The number of rotatable bonds is 6. The summed E-state index contributed by atoms with van der Waals surface area (Å²) < 4.78 is 0. The fourth-order valence-electron chi connectivity index (χ4n) is 6.58. The number of unbranched alkanes of at least 4 members (excludes halogenated alkanes) is 1. The van der Waals surface area contributed by atoms with Gasteiger partial charge in [0.05, 0.1) is 17.5 Å². The van der Waals surface area contributed by atoms with Gasteiger partial charge >= 0.3 is 0 Å². The number of fused-ring (bicyclic) bond motifs is 3. The molecule has 0 spiro atoms. The van der Waals surface area contributed by atoms with Crippen molar-refractivity contribution in [3.05, 3.63) is 28.8 Å². The molecule has 3 aliphatic rings. The Labute approximate surface area is 221 Å². The quantitative estimate of drug-likeness (QED) is 0.456. The van der Waals surface area contributed by atoms with E-state index in [9.17, 15) is 34.2 Å². The second-order valence-electron chi connectivity index (χ2n) is 11.1. The number of allylic oxidation sites excluding steroid dienone is 1. The smallest absolute Gasteiger partial charge is 0.235 e. The summed E-state index contributed by atoms with van der Waals surface area (Å²) in [6.07, 6.45) is 5.54. The summed E-state index contributed by atoms with van der Waals surface area (Å²) in [5, 5.41) is 22.8. The number of nitrogens with zero attached hydrogens (tertiary/aromatic N) is 2. The molecule has 4 N–H and O–H groups in total. The molecule has 1 aromatic rings. The maximum Gasteiger partial charge on any atom is 0.235 e. The van der Waals surface area contributed by atoms with Crippen LogP contribution >= 0.6 is 0 Å². The highest BCUT2D eigenvalue weighted by Gasteiger charge is 2.69. The van der Waals surface area contributed by atoms with Crippen LogP contribution in [-0.4, -0.2) is 84.0 Å². The molecule has 0 heterocycles. The van der Waals surface area contributed by atoms with Crippen LogP contribution in [0.25, 0.3) is 6.08 Å². The number of nitrogens with two attached hydrogens (primary N) is 1. The van der Waals surface area contributed by atoms with E-state index in [0.717, 1.165) is 12.8 Å². The van der Waals surface area contributed by atoms with Crippen molar-refractivity contribution in [3.63, 3.8) is 0 Å². The van der Waals surface area contributed by atoms with Gasteiger partial charge in [-0.05, 0) is 50.9 Å². The van der Waals surface area contributed by atoms with Gasteiger partial charge in [0.15, 0.2) is 34.7 Å². The summed E-state index contributed by atoms with van der Waals surface area (Å²) in [6.45, 7) is 2.02. The highest BCUT2D eigenvalue weighted by molar-refractivity contribution is 6.32. The number of likely N-dealkylation sites (N-methyl/N-ethyl adjacent to an activating group) is 1. The number of aliphatic hydroxyl groups is 1. The molecule has 1 amide bonds. The second kappa shape index (κ2) is 9.74. The number of hydrogen-bond donors (Lipinski definition) is 3. The van der Waals surface area contributed by atoms with Crippen molar-refractivity contribution in [1.29, 1.82) is 0 Å². The zero-order valence-electron chi connectivity index (χ0n) is 22.4. The Morgan fingerprint density at radius 1 is 1.16 bits per heavy atom. The van der Waals surface area contributed by atoms with E-state index in [0.29, 0.717) is 16.8 Å². The first-order valence-corrected chi connectivity index (χ1v) is 12.9. The van der Waals surface area contributed by atoms with Gasteiger partial charge in [0.25, 0.3) is 0 Å². The maximum atomic E-state index is 13.9. The van der Waals surface area contributed by atoms with E-state index >= 15 is 0 Å². The lowest BCUT2D eigenvalue weighted by Gasteiger charge is -2.52. The first-order valence-electron chi connectivity index (χ1n) is 12.9. The number of phenolic OH excluding ortho intramolecular Hbond substituents is 1. The Morgan fingerprint density at radius 2 is 1.82 bits per heavy atom. The normalized spacial score (nSPS) is 30.9. The van der Waals surface area contributed by atoms with Crippen molar-refractivity contribution >= 4 is 40.8 Å². The van der Waals surface area contributed by atoms with Gasteiger partial charge < -0.3 is 20.8 Å². The van der Waals surface area contributed by atoms with Crippen molar-refractivity contribution in [3.8, 4) is 5.75 Å². The predicted molar refractivity (Wildman–Crippen MR) is 140 cm³/mol. The average Bonchev–Trinajstić information content (AvgIpc) is 2.82. The van der Waals surface area contributed by atoms with Crippen LogP contribution in [0, 0.1) is 23.7 Å². The van der Waals surface area contributed by atoms with Gasteiger partial charge in [-0.2, -0.15) is 0 Å². The van der Waals surface area contributed by atoms with Gasteiger partial charge in [0, 0.05) is 31.3 Å². The molecule has 0 aromatic heterocycles. The number of benzene rings is 1. The molecule has 0 saturated heterocycles. The molecule has 204 valence electrons. The molecule has 3 aliphatic carbocycles. The molecule has 1 aromatic carbocycles. The van der Waals surface area contributed by atoms with E-state index < -0.39 is 64.4 Å². The van der Waals surface area contributed by atoms with E-state index in [1.54, 1.807) is 26.2 Å². The lowest BCUT2D eigenvalue weighted by atomic mass is 9.52. The molecule has 0 bridgehead atoms. The summed E-state index contributed by atoms with van der Waals surface area (Å²) >= 11 is 0. The van der Waals surface area contributed by atoms with E-state index in [1.165, 1.54) is 4.90 Å². The SMILES string of the molecule is CCC/C=C/c1cc(N(C)C)c2c(c1O)C(=O)C1C(=O)C3(O)C(=O)C(C(N)=O)C(=O)C(N(C)C)C3CC1C2. The number of hydrogen-bond acceptors (Lipinski definition) is 9. The molecule has 2 saturated carbocycles. The third kappa shape index (κ3) is 3.89. The summed E-state index contributed by atoms with van der Waals surface area (Å²) in [5.74, 6) is -10.4. The minimum absolute atomic E-state index is 0.000978. The van der Waals surface area contributed by atoms with Crippen LogP contribution in [-0.2, 0) is 25.6 Å². The van der Waals surface area contributed by atoms with Gasteiger partial charge in [-0.15, -0.1) is 0 Å². The van der Waals surface area contributed by atoms with Crippen LogP contribution in [0.5, 0.6) is 5.75 Å². The third-order valence-corrected chi connectivity index (χ3v) is 8.30. The van der Waals surface area contributed by atoms with Gasteiger partial charge in [-0.3, -0.25) is 28.9 Å². The summed E-state index contributed by atoms with van der Waals surface area (Å²) in [4.78, 5) is 69.8. The van der Waals surface area contributed by atoms with Crippen LogP contribution < -0.4 is 10.6 Å². The summed E-state index contributed by atoms with van der Waals surface area (Å²) in [5.41, 5.74) is 4.34. The monoisotopic (exact) mass is 525 g/mol. The minimum Gasteiger partial charge on any atom is -0.507 e. The molecule has 4 rings (SSSR count). The highest BCUT2D eigenvalue weighted by Crippen LogP contribution is 2.52. The van der Waals surface area contributed by atoms with Crippen molar-refractivity contribution in [2.45, 2.75) is 44.2 Å². The molecule has 0 aliphatic heterocycles. The number of carbonyl (C=O) groups excluding carboxylic acids is 5. The molecule has 2 fully saturated rings. The number of carbonyl (C=O) groups is 5. The number of amides is 1. The summed E-state index contributed by atoms with van der Waals surface area (Å²) in [6, 6.07) is 0.673. The van der Waals surface area contributed by atoms with Crippen LogP contribution in [0.3, 0.4) is 0 Å². The number of Topliss-reactive ketones (excluding diaryl/α,β-unsaturated/α-hetero) is 4. The minimum atomic E-state index is -2.73. The molecule has 38 heavy (non-hydrogen) atoms. The number of phenols is 1. The van der Waals surface area contributed by atoms with E-state index in [-0.39, 0.29) is 24.2 Å². The van der Waals surface area contributed by atoms with E-state index in [1.807, 2.05) is 32.0 Å². The van der Waals surface area contributed by atoms with Gasteiger partial charge in [0.2, 0.25) is 5.91 Å². The van der Waals surface area contributed by atoms with Crippen molar-refractivity contribution in [1.82, 2.24) is 4.90 Å². The fourth-order valence-corrected chi connectivity index (χ4v) is 6.58. The Balaban J connectivity index is 1.89. The average molecular weight is 526 g/mol. The Kier molecular flexibility index (Phi) is 7.09. The Morgan fingerprint density at radius 3 is 2.37 bits per heavy atom. The van der Waals surface area contributed by atoms with Crippen LogP contribution in [0.15, 0.2) is 12.1 Å². The largest absolute Gasteiger partial charge is 0.507 e.